The van der Waals surface area contributed by atoms with E-state index in [1.165, 1.54) is 5.01 Å². The number of fused-ring (bicyclic) bond motifs is 1. The van der Waals surface area contributed by atoms with Crippen molar-refractivity contribution in [1.82, 2.24) is 9.91 Å². The number of carbonyl (C=O) groups is 2. The minimum Gasteiger partial charge on any atom is -0.460 e. The molecule has 1 aromatic heterocycles. The number of hydrogen-bond acceptors (Lipinski definition) is 5. The molecule has 8 heteroatoms. The SMILES string of the molecule is CCOC(=O)/C(=N\N(C)C(=O)Cc1c(Br)sc2ccccc12)N(Cc1ccccc1)Cc1ccccc1. The van der Waals surface area contributed by atoms with Gasteiger partial charge in [-0.15, -0.1) is 16.4 Å². The van der Waals surface area contributed by atoms with Crippen LogP contribution in [0.15, 0.2) is 93.8 Å². The third-order valence-electron chi connectivity index (χ3n) is 5.77. The van der Waals surface area contributed by atoms with Crippen LogP contribution >= 0.6 is 27.3 Å². The van der Waals surface area contributed by atoms with E-state index in [4.69, 9.17) is 4.74 Å². The molecule has 1 amide bonds. The van der Waals surface area contributed by atoms with Crippen LogP contribution < -0.4 is 0 Å². The molecule has 0 saturated carbocycles. The summed E-state index contributed by atoms with van der Waals surface area (Å²) in [5.74, 6) is -0.721. The predicted octanol–water partition coefficient (Wildman–Crippen LogP) is 6.24. The van der Waals surface area contributed by atoms with E-state index >= 15 is 0 Å². The Balaban J connectivity index is 1.65. The summed E-state index contributed by atoms with van der Waals surface area (Å²) >= 11 is 5.20. The van der Waals surface area contributed by atoms with Crippen molar-refractivity contribution in [1.29, 1.82) is 0 Å². The molecule has 190 valence electrons. The maximum atomic E-state index is 13.3. The highest BCUT2D eigenvalue weighted by molar-refractivity contribution is 9.11. The number of carbonyl (C=O) groups excluding carboxylic acids is 2. The molecular formula is C29H28BrN3O3S. The Morgan fingerprint density at radius 2 is 1.46 bits per heavy atom. The molecule has 0 unspecified atom stereocenters. The van der Waals surface area contributed by atoms with Gasteiger partial charge in [0.15, 0.2) is 0 Å². The first-order valence-corrected chi connectivity index (χ1v) is 13.6. The number of amides is 1. The largest absolute Gasteiger partial charge is 0.460 e. The number of nitrogens with zero attached hydrogens (tertiary/aromatic N) is 3. The summed E-state index contributed by atoms with van der Waals surface area (Å²) in [6.07, 6.45) is 0.151. The van der Waals surface area contributed by atoms with E-state index in [0.717, 1.165) is 30.6 Å². The maximum absolute atomic E-state index is 13.3. The summed E-state index contributed by atoms with van der Waals surface area (Å²) in [6.45, 7) is 2.81. The molecule has 0 aliphatic rings. The molecule has 37 heavy (non-hydrogen) atoms. The number of hydrazone groups is 1. The van der Waals surface area contributed by atoms with Crippen LogP contribution in [0.25, 0.3) is 10.1 Å². The van der Waals surface area contributed by atoms with E-state index in [2.05, 4.69) is 21.0 Å². The summed E-state index contributed by atoms with van der Waals surface area (Å²) in [7, 11) is 1.58. The fourth-order valence-corrected chi connectivity index (χ4v) is 5.76. The predicted molar refractivity (Wildman–Crippen MR) is 152 cm³/mol. The molecule has 0 fully saturated rings. The molecular weight excluding hydrogens is 550 g/mol. The fourth-order valence-electron chi connectivity index (χ4n) is 3.94. The summed E-state index contributed by atoms with van der Waals surface area (Å²) in [4.78, 5) is 28.3. The van der Waals surface area contributed by atoms with Crippen molar-refractivity contribution in [2.75, 3.05) is 13.7 Å². The highest BCUT2D eigenvalue weighted by Crippen LogP contribution is 2.35. The van der Waals surface area contributed by atoms with Crippen molar-refractivity contribution in [2.45, 2.75) is 26.4 Å². The molecule has 0 spiro atoms. The van der Waals surface area contributed by atoms with E-state index < -0.39 is 5.97 Å². The molecule has 1 heterocycles. The first-order chi connectivity index (χ1) is 18.0. The Kier molecular flexibility index (Phi) is 9.09. The van der Waals surface area contributed by atoms with Gasteiger partial charge in [-0.1, -0.05) is 78.9 Å². The second kappa shape index (κ2) is 12.7. The van der Waals surface area contributed by atoms with Crippen molar-refractivity contribution in [2.24, 2.45) is 5.10 Å². The van der Waals surface area contributed by atoms with Gasteiger partial charge >= 0.3 is 5.97 Å². The first kappa shape index (κ1) is 26.6. The Hall–Kier alpha value is -3.49. The van der Waals surface area contributed by atoms with E-state index in [1.54, 1.807) is 25.3 Å². The van der Waals surface area contributed by atoms with Crippen LogP contribution in [-0.4, -0.2) is 41.3 Å². The monoisotopic (exact) mass is 577 g/mol. The fraction of sp³-hybridized carbons (Fsp3) is 0.207. The van der Waals surface area contributed by atoms with Gasteiger partial charge in [0, 0.05) is 24.8 Å². The van der Waals surface area contributed by atoms with Gasteiger partial charge in [0.1, 0.15) is 0 Å². The number of ether oxygens (including phenoxy) is 1. The van der Waals surface area contributed by atoms with Gasteiger partial charge in [-0.3, -0.25) is 4.79 Å². The Morgan fingerprint density at radius 1 is 0.892 bits per heavy atom. The van der Waals surface area contributed by atoms with Gasteiger partial charge in [0.25, 0.3) is 0 Å². The van der Waals surface area contributed by atoms with Gasteiger partial charge in [-0.05, 0) is 51.0 Å². The van der Waals surface area contributed by atoms with Crippen molar-refractivity contribution in [3.05, 3.63) is 105 Å². The number of benzene rings is 3. The van der Waals surface area contributed by atoms with Gasteiger partial charge in [0.05, 0.1) is 16.8 Å². The normalized spacial score (nSPS) is 11.4. The van der Waals surface area contributed by atoms with Crippen molar-refractivity contribution < 1.29 is 14.3 Å². The Morgan fingerprint density at radius 3 is 2.05 bits per heavy atom. The van der Waals surface area contributed by atoms with Crippen LogP contribution in [0, 0.1) is 0 Å². The number of esters is 1. The molecule has 0 bridgehead atoms. The highest BCUT2D eigenvalue weighted by atomic mass is 79.9. The maximum Gasteiger partial charge on any atom is 0.376 e. The zero-order valence-corrected chi connectivity index (χ0v) is 23.2. The molecule has 0 N–H and O–H groups in total. The lowest BCUT2D eigenvalue weighted by Crippen LogP contribution is -2.39. The molecule has 0 aliphatic heterocycles. The molecule has 0 saturated heterocycles. The van der Waals surface area contributed by atoms with Crippen molar-refractivity contribution in [3.63, 3.8) is 0 Å². The lowest BCUT2D eigenvalue weighted by molar-refractivity contribution is -0.136. The number of rotatable bonds is 8. The number of amidine groups is 1. The minimum absolute atomic E-state index is 0.0830. The average Bonchev–Trinajstić information content (AvgIpc) is 3.22. The van der Waals surface area contributed by atoms with Gasteiger partial charge in [0.2, 0.25) is 11.7 Å². The van der Waals surface area contributed by atoms with Gasteiger partial charge in [-0.25, -0.2) is 9.80 Å². The molecule has 4 aromatic rings. The number of halogens is 1. The molecule has 6 nitrogen and oxygen atoms in total. The second-order valence-corrected chi connectivity index (χ2v) is 10.8. The Bertz CT molecular complexity index is 1350. The van der Waals surface area contributed by atoms with Crippen LogP contribution in [0.4, 0.5) is 0 Å². The average molecular weight is 579 g/mol. The van der Waals surface area contributed by atoms with Crippen molar-refractivity contribution in [3.8, 4) is 0 Å². The van der Waals surface area contributed by atoms with Crippen molar-refractivity contribution >= 4 is 55.1 Å². The minimum atomic E-state index is -0.573. The standard InChI is InChI=1S/C29H28BrN3O3S/c1-3-36-29(35)28(33(19-21-12-6-4-7-13-21)20-22-14-8-5-9-15-22)31-32(2)26(34)18-24-23-16-10-11-17-25(23)37-27(24)30/h4-17H,3,18-20H2,1-2H3/b31-28+. The number of hydrogen-bond donors (Lipinski definition) is 0. The first-order valence-electron chi connectivity index (χ1n) is 12.0. The molecule has 0 radical (unpaired) electrons. The smallest absolute Gasteiger partial charge is 0.376 e. The van der Waals surface area contributed by atoms with E-state index in [-0.39, 0.29) is 24.8 Å². The van der Waals surface area contributed by atoms with E-state index in [0.29, 0.717) is 13.1 Å². The van der Waals surface area contributed by atoms with Gasteiger partial charge < -0.3 is 9.64 Å². The zero-order chi connectivity index (χ0) is 26.2. The van der Waals surface area contributed by atoms with E-state index in [9.17, 15) is 9.59 Å². The number of likely N-dealkylation sites (N-methyl/N-ethyl adjacent to an activating group) is 1. The summed E-state index contributed by atoms with van der Waals surface area (Å²) < 4.78 is 7.39. The molecule has 4 rings (SSSR count). The summed E-state index contributed by atoms with van der Waals surface area (Å²) in [5, 5.41) is 6.79. The molecule has 0 aliphatic carbocycles. The highest BCUT2D eigenvalue weighted by Gasteiger charge is 2.25. The summed E-state index contributed by atoms with van der Waals surface area (Å²) in [5.41, 5.74) is 2.94. The van der Waals surface area contributed by atoms with Crippen LogP contribution in [0.1, 0.15) is 23.6 Å². The quantitative estimate of drug-likeness (QED) is 0.107. The lowest BCUT2D eigenvalue weighted by atomic mass is 10.1. The number of thiophene rings is 1. The molecule has 0 atom stereocenters. The topological polar surface area (TPSA) is 62.2 Å². The third kappa shape index (κ3) is 6.84. The van der Waals surface area contributed by atoms with Gasteiger partial charge in [-0.2, -0.15) is 0 Å². The third-order valence-corrected chi connectivity index (χ3v) is 7.74. The Labute approximate surface area is 229 Å². The van der Waals surface area contributed by atoms with Crippen LogP contribution in [0.5, 0.6) is 0 Å². The van der Waals surface area contributed by atoms with Crippen LogP contribution in [-0.2, 0) is 33.8 Å². The second-order valence-electron chi connectivity index (χ2n) is 8.42. The summed E-state index contributed by atoms with van der Waals surface area (Å²) in [6, 6.07) is 27.7. The van der Waals surface area contributed by atoms with E-state index in [1.807, 2.05) is 89.8 Å². The zero-order valence-electron chi connectivity index (χ0n) is 20.8. The lowest BCUT2D eigenvalue weighted by Gasteiger charge is -2.26. The molecule has 3 aromatic carbocycles. The van der Waals surface area contributed by atoms with Crippen LogP contribution in [0.3, 0.4) is 0 Å². The van der Waals surface area contributed by atoms with Crippen LogP contribution in [0.2, 0.25) is 0 Å².